The summed E-state index contributed by atoms with van der Waals surface area (Å²) in [5.74, 6) is -0.276. The lowest BCUT2D eigenvalue weighted by Gasteiger charge is -1.95. The topological polar surface area (TPSA) is 46.2 Å². The number of hydrogen-bond donors (Lipinski definition) is 2. The van der Waals surface area contributed by atoms with Crippen LogP contribution in [-0.4, -0.2) is 12.2 Å². The molecule has 0 aromatic rings. The van der Waals surface area contributed by atoms with Crippen molar-refractivity contribution < 1.29 is 9.59 Å². The van der Waals surface area contributed by atoms with Crippen molar-refractivity contribution >= 4 is 24.8 Å². The van der Waals surface area contributed by atoms with Gasteiger partial charge >= 0.3 is 0 Å². The van der Waals surface area contributed by atoms with Crippen molar-refractivity contribution in [3.63, 3.8) is 0 Å². The Kier molecular flexibility index (Phi) is 3.79. The number of allylic oxidation sites excluding steroid dienone is 1. The molecule has 3 nitrogen and oxygen atoms in total. The summed E-state index contributed by atoms with van der Waals surface area (Å²) in [6.45, 7) is 1.32. The first-order valence-corrected chi connectivity index (χ1v) is 2.79. The van der Waals surface area contributed by atoms with E-state index in [9.17, 15) is 9.59 Å². The smallest absolute Gasteiger partial charge is 0.221 e. The molecule has 0 radical (unpaired) electrons. The maximum atomic E-state index is 10.2. The van der Waals surface area contributed by atoms with Crippen LogP contribution in [0.3, 0.4) is 0 Å². The number of thiol groups is 1. The molecule has 50 valence electrons. The fourth-order valence-corrected chi connectivity index (χ4v) is 0.421. The van der Waals surface area contributed by atoms with Gasteiger partial charge in [0.05, 0.1) is 5.70 Å². The van der Waals surface area contributed by atoms with Crippen LogP contribution >= 0.6 is 12.6 Å². The molecular weight excluding hydrogens is 138 g/mol. The summed E-state index contributed by atoms with van der Waals surface area (Å²) in [6.07, 6.45) is 0.522. The number of aldehydes is 1. The van der Waals surface area contributed by atoms with Gasteiger partial charge in [-0.25, -0.2) is 0 Å². The van der Waals surface area contributed by atoms with Crippen LogP contribution in [0.5, 0.6) is 0 Å². The lowest BCUT2D eigenvalue weighted by atomic mass is 10.5. The van der Waals surface area contributed by atoms with Gasteiger partial charge < -0.3 is 5.32 Å². The molecule has 0 bridgehead atoms. The molecule has 1 N–H and O–H groups in total. The van der Waals surface area contributed by atoms with Gasteiger partial charge in [0.1, 0.15) is 0 Å². The lowest BCUT2D eigenvalue weighted by molar-refractivity contribution is -0.119. The molecule has 0 atom stereocenters. The summed E-state index contributed by atoms with van der Waals surface area (Å²) in [6, 6.07) is 0. The van der Waals surface area contributed by atoms with E-state index in [1.54, 1.807) is 0 Å². The Hall–Kier alpha value is -0.770. The van der Waals surface area contributed by atoms with Crippen molar-refractivity contribution in [3.8, 4) is 0 Å². The molecular formula is C5H7NO2S. The maximum Gasteiger partial charge on any atom is 0.221 e. The van der Waals surface area contributed by atoms with Gasteiger partial charge in [-0.15, -0.1) is 12.6 Å². The summed E-state index contributed by atoms with van der Waals surface area (Å²) in [5.41, 5.74) is 0.172. The van der Waals surface area contributed by atoms with Gasteiger partial charge in [0.15, 0.2) is 6.29 Å². The highest BCUT2D eigenvalue weighted by Gasteiger charge is 1.93. The Balaban J connectivity index is 3.86. The third kappa shape index (κ3) is 3.78. The Bertz CT molecular complexity index is 153. The van der Waals surface area contributed by atoms with E-state index in [-0.39, 0.29) is 11.6 Å². The first-order valence-electron chi connectivity index (χ1n) is 2.28. The van der Waals surface area contributed by atoms with E-state index in [4.69, 9.17) is 0 Å². The minimum atomic E-state index is -0.276. The second kappa shape index (κ2) is 4.14. The second-order valence-corrected chi connectivity index (χ2v) is 1.64. The fourth-order valence-electron chi connectivity index (χ4n) is 0.295. The molecule has 0 saturated heterocycles. The quantitative estimate of drug-likeness (QED) is 0.328. The predicted octanol–water partition coefficient (Wildman–Crippen LogP) is 0.0926. The van der Waals surface area contributed by atoms with Crippen LogP contribution < -0.4 is 5.32 Å². The minimum absolute atomic E-state index is 0.172. The van der Waals surface area contributed by atoms with E-state index < -0.39 is 0 Å². The van der Waals surface area contributed by atoms with E-state index in [1.807, 2.05) is 0 Å². The van der Waals surface area contributed by atoms with Crippen LogP contribution in [0, 0.1) is 0 Å². The van der Waals surface area contributed by atoms with Crippen LogP contribution in [0.15, 0.2) is 11.1 Å². The molecule has 0 saturated carbocycles. The van der Waals surface area contributed by atoms with Gasteiger partial charge in [-0.2, -0.15) is 0 Å². The highest BCUT2D eigenvalue weighted by atomic mass is 32.1. The van der Waals surface area contributed by atoms with Gasteiger partial charge in [0.2, 0.25) is 5.91 Å². The Morgan fingerprint density at radius 3 is 2.33 bits per heavy atom. The van der Waals surface area contributed by atoms with Crippen molar-refractivity contribution in [1.82, 2.24) is 5.32 Å². The number of amides is 1. The molecule has 0 unspecified atom stereocenters. The second-order valence-electron chi connectivity index (χ2n) is 1.38. The highest BCUT2D eigenvalue weighted by molar-refractivity contribution is 7.83. The Morgan fingerprint density at radius 1 is 1.67 bits per heavy atom. The largest absolute Gasteiger partial charge is 0.323 e. The molecule has 0 rings (SSSR count). The SMILES string of the molecule is CC(=O)N/C(C=O)=C/S. The average Bonchev–Trinajstić information content (AvgIpc) is 1.82. The monoisotopic (exact) mass is 145 g/mol. The number of carbonyl (C=O) groups excluding carboxylic acids is 2. The molecule has 0 aliphatic carbocycles. The van der Waals surface area contributed by atoms with E-state index in [0.29, 0.717) is 6.29 Å². The molecule has 0 spiro atoms. The third-order valence-corrected chi connectivity index (χ3v) is 0.865. The van der Waals surface area contributed by atoms with Crippen molar-refractivity contribution in [2.24, 2.45) is 0 Å². The molecule has 1 amide bonds. The Labute approximate surface area is 58.5 Å². The van der Waals surface area contributed by atoms with E-state index in [1.165, 1.54) is 12.3 Å². The van der Waals surface area contributed by atoms with Crippen molar-refractivity contribution in [2.45, 2.75) is 6.92 Å². The molecule has 9 heavy (non-hydrogen) atoms. The zero-order valence-electron chi connectivity index (χ0n) is 4.92. The zero-order valence-corrected chi connectivity index (χ0v) is 5.81. The van der Waals surface area contributed by atoms with E-state index in [0.717, 1.165) is 0 Å². The number of nitrogens with one attached hydrogen (secondary N) is 1. The standard InChI is InChI=1S/C5H7NO2S/c1-4(8)6-5(2-7)3-9/h2-3,9H,1H3,(H,6,8)/b5-3+. The highest BCUT2D eigenvalue weighted by Crippen LogP contribution is 1.85. The van der Waals surface area contributed by atoms with Crippen LogP contribution in [0.1, 0.15) is 6.92 Å². The van der Waals surface area contributed by atoms with Gasteiger partial charge in [-0.3, -0.25) is 9.59 Å². The van der Waals surface area contributed by atoms with Gasteiger partial charge in [-0.1, -0.05) is 0 Å². The minimum Gasteiger partial charge on any atom is -0.323 e. The summed E-state index contributed by atoms with van der Waals surface area (Å²) in [4.78, 5) is 20.2. The summed E-state index contributed by atoms with van der Waals surface area (Å²) >= 11 is 3.66. The van der Waals surface area contributed by atoms with Gasteiger partial charge in [-0.05, 0) is 5.41 Å². The molecule has 0 aliphatic rings. The first kappa shape index (κ1) is 8.23. The van der Waals surface area contributed by atoms with Gasteiger partial charge in [0, 0.05) is 6.92 Å². The molecule has 0 aromatic carbocycles. The fraction of sp³-hybridized carbons (Fsp3) is 0.200. The Morgan fingerprint density at radius 2 is 2.22 bits per heavy atom. The van der Waals surface area contributed by atoms with E-state index >= 15 is 0 Å². The number of carbonyl (C=O) groups is 2. The zero-order chi connectivity index (χ0) is 7.28. The third-order valence-electron chi connectivity index (χ3n) is 0.586. The van der Waals surface area contributed by atoms with Crippen molar-refractivity contribution in [1.29, 1.82) is 0 Å². The van der Waals surface area contributed by atoms with E-state index in [2.05, 4.69) is 17.9 Å². The van der Waals surface area contributed by atoms with Crippen LogP contribution in [0.25, 0.3) is 0 Å². The van der Waals surface area contributed by atoms with Crippen LogP contribution in [0.4, 0.5) is 0 Å². The number of rotatable bonds is 2. The van der Waals surface area contributed by atoms with Gasteiger partial charge in [0.25, 0.3) is 0 Å². The van der Waals surface area contributed by atoms with Crippen LogP contribution in [-0.2, 0) is 9.59 Å². The van der Waals surface area contributed by atoms with Crippen LogP contribution in [0.2, 0.25) is 0 Å². The maximum absolute atomic E-state index is 10.2. The number of hydrogen-bond acceptors (Lipinski definition) is 3. The molecule has 0 aliphatic heterocycles. The lowest BCUT2D eigenvalue weighted by Crippen LogP contribution is -2.19. The van der Waals surface area contributed by atoms with Crippen molar-refractivity contribution in [3.05, 3.63) is 11.1 Å². The summed E-state index contributed by atoms with van der Waals surface area (Å²) in [7, 11) is 0. The molecule has 0 fully saturated rings. The molecule has 0 heterocycles. The average molecular weight is 145 g/mol. The predicted molar refractivity (Wildman–Crippen MR) is 36.9 cm³/mol. The molecule has 4 heteroatoms. The molecule has 0 aromatic heterocycles. The summed E-state index contributed by atoms with van der Waals surface area (Å²) in [5, 5.41) is 3.49. The first-order chi connectivity index (χ1) is 4.20. The normalized spacial score (nSPS) is 10.7. The van der Waals surface area contributed by atoms with Crippen molar-refractivity contribution in [2.75, 3.05) is 0 Å². The summed E-state index contributed by atoms with van der Waals surface area (Å²) < 4.78 is 0.